The summed E-state index contributed by atoms with van der Waals surface area (Å²) in [4.78, 5) is 18.2. The smallest absolute Gasteiger partial charge is 0.251 e. The molecular weight excluding hydrogens is 216 g/mol. The fraction of sp³-hybridized carbons (Fsp3) is 0.231. The first-order chi connectivity index (χ1) is 8.17. The Morgan fingerprint density at radius 2 is 2.00 bits per heavy atom. The van der Waals surface area contributed by atoms with Crippen molar-refractivity contribution in [1.82, 2.24) is 9.97 Å². The van der Waals surface area contributed by atoms with E-state index in [0.29, 0.717) is 12.2 Å². The minimum atomic E-state index is -0.110. The lowest BCUT2D eigenvalue weighted by molar-refractivity contribution is 0.414. The van der Waals surface area contributed by atoms with Crippen LogP contribution in [0, 0.1) is 6.92 Å². The van der Waals surface area contributed by atoms with Crippen LogP contribution in [0.3, 0.4) is 0 Å². The van der Waals surface area contributed by atoms with Crippen LogP contribution in [-0.2, 0) is 6.42 Å². The van der Waals surface area contributed by atoms with E-state index in [0.717, 1.165) is 17.0 Å². The molecule has 4 nitrogen and oxygen atoms in total. The van der Waals surface area contributed by atoms with E-state index in [4.69, 9.17) is 4.74 Å². The van der Waals surface area contributed by atoms with Gasteiger partial charge in [-0.3, -0.25) is 4.79 Å². The van der Waals surface area contributed by atoms with Crippen molar-refractivity contribution >= 4 is 0 Å². The summed E-state index contributed by atoms with van der Waals surface area (Å²) in [5.41, 5.74) is 1.76. The molecule has 0 aliphatic carbocycles. The van der Waals surface area contributed by atoms with Crippen molar-refractivity contribution in [2.75, 3.05) is 7.11 Å². The summed E-state index contributed by atoms with van der Waals surface area (Å²) in [6.07, 6.45) is 0.648. The molecule has 2 aromatic rings. The first-order valence-corrected chi connectivity index (χ1v) is 5.37. The van der Waals surface area contributed by atoms with Crippen LogP contribution in [0.1, 0.15) is 17.1 Å². The molecule has 0 radical (unpaired) electrons. The highest BCUT2D eigenvalue weighted by molar-refractivity contribution is 5.29. The van der Waals surface area contributed by atoms with E-state index in [2.05, 4.69) is 9.97 Å². The maximum absolute atomic E-state index is 11.3. The first kappa shape index (κ1) is 11.4. The van der Waals surface area contributed by atoms with Gasteiger partial charge in [0, 0.05) is 12.5 Å². The van der Waals surface area contributed by atoms with Crippen molar-refractivity contribution in [2.24, 2.45) is 0 Å². The van der Waals surface area contributed by atoms with Gasteiger partial charge in [-0.2, -0.15) is 0 Å². The van der Waals surface area contributed by atoms with Gasteiger partial charge in [0.1, 0.15) is 11.6 Å². The Hall–Kier alpha value is -2.10. The van der Waals surface area contributed by atoms with E-state index in [9.17, 15) is 4.79 Å². The van der Waals surface area contributed by atoms with Crippen molar-refractivity contribution < 1.29 is 4.74 Å². The number of nitrogens with one attached hydrogen (secondary N) is 1. The van der Waals surface area contributed by atoms with Gasteiger partial charge in [-0.25, -0.2) is 4.98 Å². The monoisotopic (exact) mass is 230 g/mol. The Balaban J connectivity index is 2.22. The number of aromatic amines is 1. The number of benzene rings is 1. The number of aromatic nitrogens is 2. The fourth-order valence-corrected chi connectivity index (χ4v) is 1.68. The Morgan fingerprint density at radius 1 is 1.29 bits per heavy atom. The van der Waals surface area contributed by atoms with Crippen molar-refractivity contribution in [1.29, 1.82) is 0 Å². The maximum Gasteiger partial charge on any atom is 0.251 e. The zero-order valence-electron chi connectivity index (χ0n) is 9.86. The molecule has 0 fully saturated rings. The predicted octanol–water partition coefficient (Wildman–Crippen LogP) is 1.68. The zero-order valence-corrected chi connectivity index (χ0v) is 9.86. The van der Waals surface area contributed by atoms with Crippen LogP contribution in [0.15, 0.2) is 35.1 Å². The molecule has 0 amide bonds. The lowest BCUT2D eigenvalue weighted by Gasteiger charge is -2.03. The summed E-state index contributed by atoms with van der Waals surface area (Å²) in [6, 6.07) is 9.26. The molecule has 1 heterocycles. The van der Waals surface area contributed by atoms with Gasteiger partial charge in [-0.1, -0.05) is 12.1 Å². The molecule has 1 aromatic carbocycles. The predicted molar refractivity (Wildman–Crippen MR) is 65.4 cm³/mol. The van der Waals surface area contributed by atoms with Gasteiger partial charge >= 0.3 is 0 Å². The van der Waals surface area contributed by atoms with Gasteiger partial charge in [0.05, 0.1) is 12.8 Å². The number of nitrogens with zero attached hydrogens (tertiary/aromatic N) is 1. The average molecular weight is 230 g/mol. The van der Waals surface area contributed by atoms with Gasteiger partial charge in [0.15, 0.2) is 0 Å². The number of hydrogen-bond acceptors (Lipinski definition) is 3. The third-order valence-corrected chi connectivity index (χ3v) is 2.46. The summed E-state index contributed by atoms with van der Waals surface area (Å²) in [5, 5.41) is 0. The van der Waals surface area contributed by atoms with E-state index in [1.165, 1.54) is 6.07 Å². The number of methoxy groups -OCH3 is 1. The maximum atomic E-state index is 11.3. The van der Waals surface area contributed by atoms with Crippen molar-refractivity contribution in [3.05, 3.63) is 57.8 Å². The van der Waals surface area contributed by atoms with Crippen LogP contribution in [-0.4, -0.2) is 17.1 Å². The van der Waals surface area contributed by atoms with Crippen molar-refractivity contribution in [3.8, 4) is 5.75 Å². The number of H-pyrrole nitrogens is 1. The van der Waals surface area contributed by atoms with Crippen LogP contribution in [0.4, 0.5) is 0 Å². The van der Waals surface area contributed by atoms with Gasteiger partial charge in [0.25, 0.3) is 5.56 Å². The summed E-state index contributed by atoms with van der Waals surface area (Å²) in [6.45, 7) is 1.78. The lowest BCUT2D eigenvalue weighted by atomic mass is 10.1. The number of ether oxygens (including phenoxy) is 1. The van der Waals surface area contributed by atoms with Crippen LogP contribution < -0.4 is 10.3 Å². The molecule has 0 aliphatic heterocycles. The van der Waals surface area contributed by atoms with E-state index >= 15 is 0 Å². The van der Waals surface area contributed by atoms with Crippen LogP contribution >= 0.6 is 0 Å². The molecule has 2 rings (SSSR count). The lowest BCUT2D eigenvalue weighted by Crippen LogP contribution is -2.10. The quantitative estimate of drug-likeness (QED) is 0.872. The Kier molecular flexibility index (Phi) is 3.23. The summed E-state index contributed by atoms with van der Waals surface area (Å²) < 4.78 is 5.09. The molecule has 88 valence electrons. The molecular formula is C13H14N2O2. The van der Waals surface area contributed by atoms with Gasteiger partial charge in [-0.05, 0) is 24.6 Å². The standard InChI is InChI=1S/C13H14N2O2/c1-9-14-11(8-13(16)15-9)7-10-3-5-12(17-2)6-4-10/h3-6,8H,7H2,1-2H3,(H,14,15,16). The zero-order chi connectivity index (χ0) is 12.3. The largest absolute Gasteiger partial charge is 0.497 e. The van der Waals surface area contributed by atoms with Gasteiger partial charge in [-0.15, -0.1) is 0 Å². The van der Waals surface area contributed by atoms with Crippen molar-refractivity contribution in [2.45, 2.75) is 13.3 Å². The molecule has 1 aromatic heterocycles. The molecule has 0 spiro atoms. The van der Waals surface area contributed by atoms with Crippen LogP contribution in [0.2, 0.25) is 0 Å². The normalized spacial score (nSPS) is 10.2. The third-order valence-electron chi connectivity index (χ3n) is 2.46. The Labute approximate surface area is 99.3 Å². The van der Waals surface area contributed by atoms with E-state index in [-0.39, 0.29) is 5.56 Å². The number of rotatable bonds is 3. The highest BCUT2D eigenvalue weighted by atomic mass is 16.5. The second-order valence-electron chi connectivity index (χ2n) is 3.85. The summed E-state index contributed by atoms with van der Waals surface area (Å²) >= 11 is 0. The highest BCUT2D eigenvalue weighted by Gasteiger charge is 2.01. The third kappa shape index (κ3) is 2.93. The number of aryl methyl sites for hydroxylation is 1. The van der Waals surface area contributed by atoms with Crippen LogP contribution in [0.5, 0.6) is 5.75 Å². The minimum absolute atomic E-state index is 0.110. The Morgan fingerprint density at radius 3 is 2.59 bits per heavy atom. The molecule has 0 atom stereocenters. The van der Waals surface area contributed by atoms with E-state index in [1.807, 2.05) is 24.3 Å². The van der Waals surface area contributed by atoms with Crippen LogP contribution in [0.25, 0.3) is 0 Å². The molecule has 0 aliphatic rings. The molecule has 1 N–H and O–H groups in total. The van der Waals surface area contributed by atoms with Gasteiger partial charge in [0.2, 0.25) is 0 Å². The molecule has 0 saturated heterocycles. The second kappa shape index (κ2) is 4.82. The molecule has 0 saturated carbocycles. The molecule has 0 bridgehead atoms. The number of hydrogen-bond donors (Lipinski definition) is 1. The Bertz CT molecular complexity index is 558. The average Bonchev–Trinajstić information content (AvgIpc) is 2.28. The molecule has 17 heavy (non-hydrogen) atoms. The van der Waals surface area contributed by atoms with Gasteiger partial charge < -0.3 is 9.72 Å². The first-order valence-electron chi connectivity index (χ1n) is 5.37. The summed E-state index contributed by atoms with van der Waals surface area (Å²) in [7, 11) is 1.64. The highest BCUT2D eigenvalue weighted by Crippen LogP contribution is 2.13. The molecule has 0 unspecified atom stereocenters. The minimum Gasteiger partial charge on any atom is -0.497 e. The van der Waals surface area contributed by atoms with Crippen molar-refractivity contribution in [3.63, 3.8) is 0 Å². The topological polar surface area (TPSA) is 55.0 Å². The van der Waals surface area contributed by atoms with E-state index in [1.54, 1.807) is 14.0 Å². The second-order valence-corrected chi connectivity index (χ2v) is 3.85. The fourth-order valence-electron chi connectivity index (χ4n) is 1.68. The van der Waals surface area contributed by atoms with E-state index < -0.39 is 0 Å². The summed E-state index contributed by atoms with van der Waals surface area (Å²) in [5.74, 6) is 1.46. The SMILES string of the molecule is COc1ccc(Cc2cc(=O)[nH]c(C)n2)cc1. The molecule has 4 heteroatoms.